The molecule has 0 saturated carbocycles. The zero-order valence-corrected chi connectivity index (χ0v) is 12.7. The summed E-state index contributed by atoms with van der Waals surface area (Å²) >= 11 is 0. The minimum atomic E-state index is 0.459. The summed E-state index contributed by atoms with van der Waals surface area (Å²) in [4.78, 5) is 0. The lowest BCUT2D eigenvalue weighted by Crippen LogP contribution is -2.28. The normalized spacial score (nSPS) is 13.6. The van der Waals surface area contributed by atoms with E-state index in [1.54, 1.807) is 0 Å². The Bertz CT molecular complexity index is 349. The van der Waals surface area contributed by atoms with E-state index in [1.165, 1.54) is 30.4 Å². The average Bonchev–Trinajstić information content (AvgIpc) is 2.29. The van der Waals surface area contributed by atoms with Crippen molar-refractivity contribution < 1.29 is 0 Å². The zero-order chi connectivity index (χ0) is 13.6. The van der Waals surface area contributed by atoms with E-state index in [-0.39, 0.29) is 0 Å². The van der Waals surface area contributed by atoms with Crippen molar-refractivity contribution >= 4 is 0 Å². The van der Waals surface area contributed by atoms with Crippen LogP contribution in [-0.2, 0) is 6.42 Å². The Labute approximate surface area is 113 Å². The number of likely N-dealkylation sites (N-methyl/N-ethyl adjacent to an activating group) is 1. The molecule has 0 aliphatic carbocycles. The maximum atomic E-state index is 3.46. The van der Waals surface area contributed by atoms with Crippen molar-refractivity contribution in [3.05, 3.63) is 35.4 Å². The molecule has 102 valence electrons. The van der Waals surface area contributed by atoms with Crippen molar-refractivity contribution in [1.29, 1.82) is 0 Å². The summed E-state index contributed by atoms with van der Waals surface area (Å²) < 4.78 is 0. The first-order valence-corrected chi connectivity index (χ1v) is 7.14. The molecule has 0 aromatic heterocycles. The van der Waals surface area contributed by atoms with Crippen molar-refractivity contribution in [2.45, 2.75) is 59.4 Å². The molecule has 0 heterocycles. The molecule has 0 saturated heterocycles. The van der Waals surface area contributed by atoms with Crippen LogP contribution in [0.3, 0.4) is 0 Å². The third-order valence-corrected chi connectivity index (χ3v) is 3.62. The summed E-state index contributed by atoms with van der Waals surface area (Å²) in [7, 11) is 2.08. The highest BCUT2D eigenvalue weighted by Crippen LogP contribution is 2.22. The summed E-state index contributed by atoms with van der Waals surface area (Å²) in [6, 6.07) is 9.32. The minimum absolute atomic E-state index is 0.459. The van der Waals surface area contributed by atoms with Crippen LogP contribution in [0.5, 0.6) is 0 Å². The van der Waals surface area contributed by atoms with E-state index in [9.17, 15) is 0 Å². The number of aryl methyl sites for hydroxylation is 1. The van der Waals surface area contributed by atoms with E-state index in [0.29, 0.717) is 11.5 Å². The fraction of sp³-hybridized carbons (Fsp3) is 0.647. The second kappa shape index (κ2) is 6.94. The monoisotopic (exact) mass is 247 g/mol. The number of nitrogens with one attached hydrogen (secondary N) is 1. The van der Waals surface area contributed by atoms with Crippen molar-refractivity contribution in [1.82, 2.24) is 5.32 Å². The summed E-state index contributed by atoms with van der Waals surface area (Å²) in [6.07, 6.45) is 5.02. The molecule has 0 spiro atoms. The van der Waals surface area contributed by atoms with Crippen molar-refractivity contribution in [3.8, 4) is 0 Å². The smallest absolute Gasteiger partial charge is 0.0105 e. The summed E-state index contributed by atoms with van der Waals surface area (Å²) in [6.45, 7) is 9.17. The predicted octanol–water partition coefficient (Wildman–Crippen LogP) is 4.34. The average molecular weight is 247 g/mol. The SMILES string of the molecule is CNC(CCCC(C)(C)C)Cc1ccccc1C. The Kier molecular flexibility index (Phi) is 5.87. The van der Waals surface area contributed by atoms with Gasteiger partial charge in [0.2, 0.25) is 0 Å². The predicted molar refractivity (Wildman–Crippen MR) is 81.0 cm³/mol. The number of rotatable bonds is 6. The second-order valence-corrected chi connectivity index (χ2v) is 6.57. The Hall–Kier alpha value is -0.820. The van der Waals surface area contributed by atoms with E-state index < -0.39 is 0 Å². The molecule has 1 atom stereocenters. The van der Waals surface area contributed by atoms with Crippen LogP contribution in [0.1, 0.15) is 51.2 Å². The largest absolute Gasteiger partial charge is 0.317 e. The van der Waals surface area contributed by atoms with Crippen LogP contribution in [0.2, 0.25) is 0 Å². The van der Waals surface area contributed by atoms with Crippen molar-refractivity contribution in [2.75, 3.05) is 7.05 Å². The summed E-state index contributed by atoms with van der Waals surface area (Å²) in [5.41, 5.74) is 3.35. The molecule has 1 heteroatoms. The fourth-order valence-electron chi connectivity index (χ4n) is 2.33. The van der Waals surface area contributed by atoms with Gasteiger partial charge < -0.3 is 5.32 Å². The van der Waals surface area contributed by atoms with Gasteiger partial charge >= 0.3 is 0 Å². The molecule has 1 aromatic carbocycles. The lowest BCUT2D eigenvalue weighted by Gasteiger charge is -2.21. The standard InChI is InChI=1S/C17H29N/c1-14-9-6-7-10-15(14)13-16(18-5)11-8-12-17(2,3)4/h6-7,9-10,16,18H,8,11-13H2,1-5H3. The Morgan fingerprint density at radius 3 is 2.39 bits per heavy atom. The van der Waals surface area contributed by atoms with E-state index in [2.05, 4.69) is 64.3 Å². The maximum absolute atomic E-state index is 3.46. The first-order valence-electron chi connectivity index (χ1n) is 7.14. The van der Waals surface area contributed by atoms with E-state index in [0.717, 1.165) is 6.42 Å². The van der Waals surface area contributed by atoms with Crippen LogP contribution in [0.25, 0.3) is 0 Å². The Morgan fingerprint density at radius 2 is 1.83 bits per heavy atom. The van der Waals surface area contributed by atoms with E-state index in [1.807, 2.05) is 0 Å². The topological polar surface area (TPSA) is 12.0 Å². The molecule has 0 radical (unpaired) electrons. The third-order valence-electron chi connectivity index (χ3n) is 3.62. The molecular formula is C17H29N. The van der Waals surface area contributed by atoms with Gasteiger partial charge in [-0.05, 0) is 49.8 Å². The third kappa shape index (κ3) is 5.68. The van der Waals surface area contributed by atoms with Gasteiger partial charge in [-0.25, -0.2) is 0 Å². The van der Waals surface area contributed by atoms with E-state index in [4.69, 9.17) is 0 Å². The fourth-order valence-corrected chi connectivity index (χ4v) is 2.33. The molecule has 0 aliphatic rings. The highest BCUT2D eigenvalue weighted by atomic mass is 14.9. The molecule has 18 heavy (non-hydrogen) atoms. The van der Waals surface area contributed by atoms with Gasteiger partial charge in [0.1, 0.15) is 0 Å². The number of hydrogen-bond donors (Lipinski definition) is 1. The quantitative estimate of drug-likeness (QED) is 0.788. The van der Waals surface area contributed by atoms with Gasteiger partial charge in [-0.3, -0.25) is 0 Å². The molecule has 1 unspecified atom stereocenters. The van der Waals surface area contributed by atoms with Crippen LogP contribution < -0.4 is 5.32 Å². The highest BCUT2D eigenvalue weighted by Gasteiger charge is 2.13. The molecule has 1 rings (SSSR count). The van der Waals surface area contributed by atoms with Crippen LogP contribution in [0.4, 0.5) is 0 Å². The molecule has 1 nitrogen and oxygen atoms in total. The lowest BCUT2D eigenvalue weighted by atomic mass is 9.88. The Morgan fingerprint density at radius 1 is 1.17 bits per heavy atom. The van der Waals surface area contributed by atoms with Crippen LogP contribution in [0.15, 0.2) is 24.3 Å². The van der Waals surface area contributed by atoms with Gasteiger partial charge in [-0.15, -0.1) is 0 Å². The molecule has 0 aliphatic heterocycles. The number of hydrogen-bond acceptors (Lipinski definition) is 1. The molecule has 1 N–H and O–H groups in total. The molecule has 0 amide bonds. The molecule has 0 fully saturated rings. The number of benzene rings is 1. The zero-order valence-electron chi connectivity index (χ0n) is 12.7. The van der Waals surface area contributed by atoms with Crippen LogP contribution in [0, 0.1) is 12.3 Å². The Balaban J connectivity index is 2.45. The summed E-state index contributed by atoms with van der Waals surface area (Å²) in [5.74, 6) is 0. The second-order valence-electron chi connectivity index (χ2n) is 6.57. The molecular weight excluding hydrogens is 218 g/mol. The minimum Gasteiger partial charge on any atom is -0.317 e. The van der Waals surface area contributed by atoms with E-state index >= 15 is 0 Å². The first kappa shape index (κ1) is 15.2. The highest BCUT2D eigenvalue weighted by molar-refractivity contribution is 5.26. The van der Waals surface area contributed by atoms with Gasteiger partial charge in [0.25, 0.3) is 0 Å². The molecule has 1 aromatic rings. The van der Waals surface area contributed by atoms with Crippen molar-refractivity contribution in [3.63, 3.8) is 0 Å². The van der Waals surface area contributed by atoms with Crippen LogP contribution in [-0.4, -0.2) is 13.1 Å². The lowest BCUT2D eigenvalue weighted by molar-refractivity contribution is 0.345. The van der Waals surface area contributed by atoms with Gasteiger partial charge in [-0.2, -0.15) is 0 Å². The van der Waals surface area contributed by atoms with Gasteiger partial charge in [-0.1, -0.05) is 51.5 Å². The van der Waals surface area contributed by atoms with Gasteiger partial charge in [0, 0.05) is 6.04 Å². The first-order chi connectivity index (χ1) is 8.42. The maximum Gasteiger partial charge on any atom is 0.0105 e. The van der Waals surface area contributed by atoms with Gasteiger partial charge in [0.05, 0.1) is 0 Å². The van der Waals surface area contributed by atoms with Crippen molar-refractivity contribution in [2.24, 2.45) is 5.41 Å². The van der Waals surface area contributed by atoms with Gasteiger partial charge in [0.15, 0.2) is 0 Å². The molecule has 0 bridgehead atoms. The summed E-state index contributed by atoms with van der Waals surface area (Å²) in [5, 5.41) is 3.46. The van der Waals surface area contributed by atoms with Crippen LogP contribution >= 0.6 is 0 Å².